The molecule has 3 rings (SSSR count). The number of aliphatic imine (C=N–C) groups is 1. The Hall–Kier alpha value is -2.14. The lowest BCUT2D eigenvalue weighted by Gasteiger charge is -2.41. The number of rotatable bonds is 4. The molecule has 0 bridgehead atoms. The summed E-state index contributed by atoms with van der Waals surface area (Å²) in [7, 11) is 0. The highest BCUT2D eigenvalue weighted by Crippen LogP contribution is 2.49. The van der Waals surface area contributed by atoms with Crippen LogP contribution in [0, 0.1) is 16.7 Å². The summed E-state index contributed by atoms with van der Waals surface area (Å²) in [5, 5.41) is 17.5. The fourth-order valence-corrected chi connectivity index (χ4v) is 5.20. The third-order valence-corrected chi connectivity index (χ3v) is 7.14. The second-order valence-corrected chi connectivity index (χ2v) is 9.17. The first-order chi connectivity index (χ1) is 14.6. The highest BCUT2D eigenvalue weighted by atomic mass is 32.2. The summed E-state index contributed by atoms with van der Waals surface area (Å²) in [6, 6.07) is 2.08. The first-order valence-electron chi connectivity index (χ1n) is 9.88. The second kappa shape index (κ2) is 9.15. The summed E-state index contributed by atoms with van der Waals surface area (Å²) in [4.78, 5) is 8.85. The van der Waals surface area contributed by atoms with Gasteiger partial charge in [-0.2, -0.15) is 13.2 Å². The number of nitrogens with zero attached hydrogens (tertiary/aromatic N) is 3. The molecule has 1 aliphatic heterocycles. The van der Waals surface area contributed by atoms with Gasteiger partial charge >= 0.3 is 6.18 Å². The number of likely N-dealkylation sites (tertiary alicyclic amines) is 1. The molecule has 0 unspecified atom stereocenters. The summed E-state index contributed by atoms with van der Waals surface area (Å²) >= 11 is 0.567. The Labute approximate surface area is 182 Å². The van der Waals surface area contributed by atoms with Crippen molar-refractivity contribution < 1.29 is 22.7 Å². The molecule has 170 valence electrons. The number of piperidine rings is 1. The van der Waals surface area contributed by atoms with Crippen LogP contribution in [0.3, 0.4) is 0 Å². The van der Waals surface area contributed by atoms with Crippen LogP contribution in [0.2, 0.25) is 0 Å². The zero-order valence-electron chi connectivity index (χ0n) is 16.9. The predicted octanol–water partition coefficient (Wildman–Crippen LogP) is 4.38. The Balaban J connectivity index is 1.62. The lowest BCUT2D eigenvalue weighted by atomic mass is 9.74. The number of thioether (sulfide) groups is 1. The Bertz CT molecular complexity index is 867. The number of hydrogen-bond acceptors (Lipinski definition) is 5. The van der Waals surface area contributed by atoms with Gasteiger partial charge in [-0.3, -0.25) is 10.4 Å². The van der Waals surface area contributed by atoms with Crippen molar-refractivity contribution in [2.75, 3.05) is 13.1 Å². The quantitative estimate of drug-likeness (QED) is 0.204. The van der Waals surface area contributed by atoms with Crippen LogP contribution in [0.25, 0.3) is 0 Å². The Morgan fingerprint density at radius 1 is 1.42 bits per heavy atom. The molecule has 1 aromatic rings. The van der Waals surface area contributed by atoms with Gasteiger partial charge in [0.2, 0.25) is 0 Å². The number of hydrogen-bond donors (Lipinski definition) is 3. The van der Waals surface area contributed by atoms with Crippen LogP contribution in [-0.2, 0) is 6.18 Å². The number of nitrogens with two attached hydrogens (primary N) is 1. The Morgan fingerprint density at radius 3 is 2.65 bits per heavy atom. The number of aromatic nitrogens is 1. The van der Waals surface area contributed by atoms with Crippen LogP contribution < -0.4 is 5.73 Å². The van der Waals surface area contributed by atoms with Gasteiger partial charge in [-0.25, -0.2) is 9.38 Å². The van der Waals surface area contributed by atoms with E-state index in [1.165, 1.54) is 18.5 Å². The zero-order chi connectivity index (χ0) is 22.8. The van der Waals surface area contributed by atoms with Crippen molar-refractivity contribution in [3.05, 3.63) is 35.2 Å². The van der Waals surface area contributed by atoms with Crippen molar-refractivity contribution in [3.8, 4) is 0 Å². The maximum Gasteiger partial charge on any atom is 0.434 e. The van der Waals surface area contributed by atoms with E-state index in [9.17, 15) is 22.7 Å². The van der Waals surface area contributed by atoms with Gasteiger partial charge in [0.15, 0.2) is 11.5 Å². The van der Waals surface area contributed by atoms with E-state index in [1.807, 2.05) is 11.8 Å². The fourth-order valence-electron chi connectivity index (χ4n) is 4.35. The van der Waals surface area contributed by atoms with Crippen LogP contribution in [0.1, 0.15) is 31.9 Å². The maximum atomic E-state index is 14.2. The van der Waals surface area contributed by atoms with Crippen molar-refractivity contribution >= 4 is 23.9 Å². The summed E-state index contributed by atoms with van der Waals surface area (Å²) in [5.74, 6) is -0.438. The minimum Gasteiger partial charge on any atom is -0.514 e. The number of nitrogens with one attached hydrogen (secondary N) is 1. The molecule has 6 nitrogen and oxygen atoms in total. The van der Waals surface area contributed by atoms with Crippen molar-refractivity contribution in [1.82, 2.24) is 9.88 Å². The summed E-state index contributed by atoms with van der Waals surface area (Å²) in [6.45, 7) is 3.06. The van der Waals surface area contributed by atoms with Crippen LogP contribution in [0.5, 0.6) is 0 Å². The number of amidine groups is 1. The van der Waals surface area contributed by atoms with Crippen molar-refractivity contribution in [2.45, 2.75) is 49.5 Å². The molecule has 31 heavy (non-hydrogen) atoms. The van der Waals surface area contributed by atoms with Gasteiger partial charge < -0.3 is 15.7 Å². The van der Waals surface area contributed by atoms with Crippen molar-refractivity contribution in [3.63, 3.8) is 0 Å². The monoisotopic (exact) mass is 459 g/mol. The summed E-state index contributed by atoms with van der Waals surface area (Å²) in [5.41, 5.74) is 4.82. The molecule has 2 heterocycles. The molecule has 1 aromatic heterocycles. The molecule has 4 N–H and O–H groups in total. The van der Waals surface area contributed by atoms with E-state index in [0.29, 0.717) is 44.0 Å². The molecule has 1 saturated heterocycles. The number of halogens is 4. The standard InChI is InChI=1S/C20H25F4N5OS/c1-12-9-19(16(25)15(12)21)4-7-29(8-5-19)11-28-18(26)14(10-30)31-13-3-2-6-27-17(13)20(22,23)24/h2-3,6,10-12,15-16,26,30H,4-5,7-9,25H2,1H3/t12-,15-,16-/m1/s1. The highest BCUT2D eigenvalue weighted by molar-refractivity contribution is 8.04. The molecule has 0 aromatic carbocycles. The molecule has 0 amide bonds. The molecule has 1 spiro atoms. The molecule has 1 aliphatic carbocycles. The largest absolute Gasteiger partial charge is 0.514 e. The SMILES string of the molecule is C[C@@H]1CC2(CCN(C=NC(=N)C(=CO)Sc3cccnc3C(F)(F)F)CC2)[C@H](N)[C@@H]1F. The van der Waals surface area contributed by atoms with E-state index in [1.54, 1.807) is 0 Å². The predicted molar refractivity (Wildman–Crippen MR) is 112 cm³/mol. The molecular weight excluding hydrogens is 434 g/mol. The number of pyridine rings is 1. The molecule has 2 fully saturated rings. The van der Waals surface area contributed by atoms with E-state index < -0.39 is 24.1 Å². The minimum absolute atomic E-state index is 0.0632. The highest BCUT2D eigenvalue weighted by Gasteiger charge is 2.51. The minimum atomic E-state index is -4.66. The number of aliphatic hydroxyl groups is 1. The van der Waals surface area contributed by atoms with Crippen LogP contribution >= 0.6 is 11.8 Å². The van der Waals surface area contributed by atoms with E-state index >= 15 is 0 Å². The van der Waals surface area contributed by atoms with E-state index in [0.717, 1.165) is 12.6 Å². The third-order valence-electron chi connectivity index (χ3n) is 6.08. The Morgan fingerprint density at radius 2 is 2.10 bits per heavy atom. The van der Waals surface area contributed by atoms with Gasteiger partial charge in [0.05, 0.1) is 17.5 Å². The van der Waals surface area contributed by atoms with Gasteiger partial charge in [-0.05, 0) is 42.7 Å². The lowest BCUT2D eigenvalue weighted by molar-refractivity contribution is -0.143. The van der Waals surface area contributed by atoms with Crippen LogP contribution in [-0.4, -0.2) is 52.5 Å². The first kappa shape index (κ1) is 23.5. The summed E-state index contributed by atoms with van der Waals surface area (Å²) in [6.07, 6.45) is -0.470. The van der Waals surface area contributed by atoms with Gasteiger partial charge in [0.25, 0.3) is 0 Å². The molecule has 11 heteroatoms. The number of aliphatic hydroxyl groups excluding tert-OH is 1. The maximum absolute atomic E-state index is 14.2. The Kier molecular flexibility index (Phi) is 6.95. The van der Waals surface area contributed by atoms with Gasteiger partial charge in [-0.15, -0.1) is 0 Å². The molecular formula is C20H25F4N5OS. The topological polar surface area (TPSA) is 98.6 Å². The van der Waals surface area contributed by atoms with Gasteiger partial charge in [0.1, 0.15) is 6.17 Å². The second-order valence-electron chi connectivity index (χ2n) is 8.09. The fraction of sp³-hybridized carbons (Fsp3) is 0.550. The average molecular weight is 460 g/mol. The number of alkyl halides is 4. The molecule has 3 atom stereocenters. The van der Waals surface area contributed by atoms with E-state index in [4.69, 9.17) is 11.1 Å². The summed E-state index contributed by atoms with van der Waals surface area (Å²) < 4.78 is 53.5. The molecule has 2 aliphatic rings. The molecule has 0 radical (unpaired) electrons. The van der Waals surface area contributed by atoms with Gasteiger partial charge in [-0.1, -0.05) is 18.7 Å². The van der Waals surface area contributed by atoms with E-state index in [2.05, 4.69) is 9.98 Å². The smallest absolute Gasteiger partial charge is 0.434 e. The normalized spacial score (nSPS) is 26.7. The average Bonchev–Trinajstić information content (AvgIpc) is 2.94. The molecule has 1 saturated carbocycles. The van der Waals surface area contributed by atoms with Crippen LogP contribution in [0.4, 0.5) is 17.6 Å². The third kappa shape index (κ3) is 5.03. The van der Waals surface area contributed by atoms with Crippen LogP contribution in [0.15, 0.2) is 39.4 Å². The first-order valence-corrected chi connectivity index (χ1v) is 10.7. The van der Waals surface area contributed by atoms with Crippen molar-refractivity contribution in [1.29, 1.82) is 5.41 Å². The lowest BCUT2D eigenvalue weighted by Crippen LogP contribution is -2.49. The zero-order valence-corrected chi connectivity index (χ0v) is 17.8. The van der Waals surface area contributed by atoms with Crippen molar-refractivity contribution in [2.24, 2.45) is 22.1 Å². The van der Waals surface area contributed by atoms with E-state index in [-0.39, 0.29) is 27.0 Å². The van der Waals surface area contributed by atoms with Gasteiger partial charge in [0, 0.05) is 30.2 Å².